The summed E-state index contributed by atoms with van der Waals surface area (Å²) < 4.78 is 30.7. The lowest BCUT2D eigenvalue weighted by Crippen LogP contribution is -2.13. The molecule has 0 aromatic carbocycles. The van der Waals surface area contributed by atoms with E-state index in [0.717, 1.165) is 31.3 Å². The van der Waals surface area contributed by atoms with Crippen LogP contribution in [0.1, 0.15) is 65.2 Å². The molecular formula is C13H24F2O2S. The summed E-state index contributed by atoms with van der Waals surface area (Å²) in [6.07, 6.45) is 4.37. The van der Waals surface area contributed by atoms with Gasteiger partial charge in [-0.05, 0) is 19.3 Å². The zero-order chi connectivity index (χ0) is 13.9. The molecule has 0 fully saturated rings. The molecule has 2 nitrogen and oxygen atoms in total. The second-order valence-electron chi connectivity index (χ2n) is 4.40. The first kappa shape index (κ1) is 17.7. The second-order valence-corrected chi connectivity index (χ2v) is 5.21. The first-order valence-electron chi connectivity index (χ1n) is 6.72. The minimum Gasteiger partial charge on any atom is -0.391 e. The molecule has 0 N–H and O–H groups in total. The molecule has 0 rings (SSSR count). The average Bonchev–Trinajstić information content (AvgIpc) is 2.34. The molecule has 0 bridgehead atoms. The van der Waals surface area contributed by atoms with E-state index in [2.05, 4.69) is 6.92 Å². The molecule has 5 heteroatoms. The fourth-order valence-corrected chi connectivity index (χ4v) is 2.01. The highest BCUT2D eigenvalue weighted by atomic mass is 32.2. The summed E-state index contributed by atoms with van der Waals surface area (Å²) in [5, 5.41) is 0. The highest BCUT2D eigenvalue weighted by molar-refractivity contribution is 7.95. The van der Waals surface area contributed by atoms with Crippen molar-refractivity contribution in [2.45, 2.75) is 71.1 Å². The Morgan fingerprint density at radius 1 is 1.17 bits per heavy atom. The number of hydrogen-bond acceptors (Lipinski definition) is 3. The van der Waals surface area contributed by atoms with E-state index in [9.17, 15) is 13.6 Å². The number of unbranched alkanes of at least 4 members (excludes halogenated alkanes) is 3. The third-order valence-corrected chi connectivity index (χ3v) is 3.43. The van der Waals surface area contributed by atoms with Gasteiger partial charge in [0.2, 0.25) is 5.92 Å². The highest BCUT2D eigenvalue weighted by Gasteiger charge is 2.24. The monoisotopic (exact) mass is 282 g/mol. The Kier molecular flexibility index (Phi) is 10.4. The SMILES string of the molecule is CCCCCC(=O)OSCCCCC(F)(F)CC. The standard InChI is InChI=1S/C13H24F2O2S/c1-3-5-6-9-12(16)17-18-11-8-7-10-13(14,15)4-2/h3-11H2,1-2H3. The number of carbonyl (C=O) groups is 1. The predicted octanol–water partition coefficient (Wildman–Crippen LogP) is 4.97. The molecule has 0 amide bonds. The van der Waals surface area contributed by atoms with Gasteiger partial charge in [0.1, 0.15) is 0 Å². The maximum Gasteiger partial charge on any atom is 0.317 e. The van der Waals surface area contributed by atoms with Crippen molar-refractivity contribution in [3.8, 4) is 0 Å². The zero-order valence-corrected chi connectivity index (χ0v) is 12.2. The van der Waals surface area contributed by atoms with Gasteiger partial charge in [-0.2, -0.15) is 0 Å². The van der Waals surface area contributed by atoms with Gasteiger partial charge in [0.25, 0.3) is 0 Å². The van der Waals surface area contributed by atoms with E-state index in [-0.39, 0.29) is 18.8 Å². The van der Waals surface area contributed by atoms with E-state index in [4.69, 9.17) is 4.18 Å². The van der Waals surface area contributed by atoms with Crippen LogP contribution in [0, 0.1) is 0 Å². The summed E-state index contributed by atoms with van der Waals surface area (Å²) in [6, 6.07) is 0. The summed E-state index contributed by atoms with van der Waals surface area (Å²) in [5.74, 6) is -2.15. The lowest BCUT2D eigenvalue weighted by Gasteiger charge is -2.12. The van der Waals surface area contributed by atoms with Crippen LogP contribution in [0.4, 0.5) is 8.78 Å². The van der Waals surface area contributed by atoms with Crippen LogP contribution < -0.4 is 0 Å². The maximum absolute atomic E-state index is 12.9. The zero-order valence-electron chi connectivity index (χ0n) is 11.3. The van der Waals surface area contributed by atoms with Crippen LogP contribution in [0.3, 0.4) is 0 Å². The van der Waals surface area contributed by atoms with Crippen molar-refractivity contribution >= 4 is 18.0 Å². The number of carbonyl (C=O) groups excluding carboxylic acids is 1. The van der Waals surface area contributed by atoms with Gasteiger partial charge in [-0.1, -0.05) is 26.7 Å². The van der Waals surface area contributed by atoms with Gasteiger partial charge in [-0.25, -0.2) is 8.78 Å². The summed E-state index contributed by atoms with van der Waals surface area (Å²) in [4.78, 5) is 11.2. The number of halogens is 2. The van der Waals surface area contributed by atoms with Crippen LogP contribution in [0.5, 0.6) is 0 Å². The highest BCUT2D eigenvalue weighted by Crippen LogP contribution is 2.25. The molecule has 0 atom stereocenters. The van der Waals surface area contributed by atoms with Crippen LogP contribution in [0.15, 0.2) is 0 Å². The maximum atomic E-state index is 12.9. The Hall–Kier alpha value is -0.320. The van der Waals surface area contributed by atoms with Crippen LogP contribution in [0.2, 0.25) is 0 Å². The Labute approximate surface area is 113 Å². The van der Waals surface area contributed by atoms with Crippen LogP contribution >= 0.6 is 12.0 Å². The molecule has 0 saturated carbocycles. The van der Waals surface area contributed by atoms with Gasteiger partial charge < -0.3 is 4.18 Å². The molecule has 0 heterocycles. The minimum atomic E-state index is -2.54. The van der Waals surface area contributed by atoms with Crippen molar-refractivity contribution in [2.75, 3.05) is 5.75 Å². The molecule has 0 aliphatic heterocycles. The average molecular weight is 282 g/mol. The van der Waals surface area contributed by atoms with Gasteiger partial charge in [-0.3, -0.25) is 4.79 Å². The number of alkyl halides is 2. The first-order valence-corrected chi connectivity index (χ1v) is 7.63. The van der Waals surface area contributed by atoms with Crippen LogP contribution in [0.25, 0.3) is 0 Å². The largest absolute Gasteiger partial charge is 0.391 e. The Morgan fingerprint density at radius 2 is 1.89 bits per heavy atom. The summed E-state index contributed by atoms with van der Waals surface area (Å²) >= 11 is 1.08. The van der Waals surface area contributed by atoms with Crippen molar-refractivity contribution in [3.63, 3.8) is 0 Å². The Morgan fingerprint density at radius 3 is 2.50 bits per heavy atom. The van der Waals surface area contributed by atoms with Crippen LogP contribution in [-0.4, -0.2) is 17.6 Å². The third kappa shape index (κ3) is 10.8. The summed E-state index contributed by atoms with van der Waals surface area (Å²) in [7, 11) is 0. The molecule has 0 aliphatic carbocycles. The molecule has 0 aromatic rings. The van der Waals surface area contributed by atoms with Crippen molar-refractivity contribution in [3.05, 3.63) is 0 Å². The summed E-state index contributed by atoms with van der Waals surface area (Å²) in [5.41, 5.74) is 0. The van der Waals surface area contributed by atoms with Gasteiger partial charge in [0.15, 0.2) is 0 Å². The number of rotatable bonds is 11. The lowest BCUT2D eigenvalue weighted by molar-refractivity contribution is -0.133. The van der Waals surface area contributed by atoms with Gasteiger partial charge >= 0.3 is 5.97 Å². The predicted molar refractivity (Wildman–Crippen MR) is 71.8 cm³/mol. The molecule has 108 valence electrons. The molecule has 0 aromatic heterocycles. The summed E-state index contributed by atoms with van der Waals surface area (Å²) in [6.45, 7) is 3.57. The van der Waals surface area contributed by atoms with Crippen molar-refractivity contribution in [1.29, 1.82) is 0 Å². The lowest BCUT2D eigenvalue weighted by atomic mass is 10.1. The second kappa shape index (κ2) is 10.6. The molecule has 0 aliphatic rings. The van der Waals surface area contributed by atoms with Gasteiger partial charge in [-0.15, -0.1) is 0 Å². The molecule has 0 saturated heterocycles. The third-order valence-electron chi connectivity index (χ3n) is 2.67. The van der Waals surface area contributed by atoms with Crippen molar-refractivity contribution in [1.82, 2.24) is 0 Å². The van der Waals surface area contributed by atoms with Crippen LogP contribution in [-0.2, 0) is 8.98 Å². The van der Waals surface area contributed by atoms with E-state index in [0.29, 0.717) is 25.0 Å². The molecular weight excluding hydrogens is 258 g/mol. The molecule has 0 spiro atoms. The van der Waals surface area contributed by atoms with E-state index in [1.54, 1.807) is 0 Å². The topological polar surface area (TPSA) is 26.3 Å². The number of hydrogen-bond donors (Lipinski definition) is 0. The van der Waals surface area contributed by atoms with E-state index < -0.39 is 5.92 Å². The molecule has 0 unspecified atom stereocenters. The van der Waals surface area contributed by atoms with Gasteiger partial charge in [0.05, 0.1) is 12.0 Å². The quantitative estimate of drug-likeness (QED) is 0.395. The van der Waals surface area contributed by atoms with E-state index >= 15 is 0 Å². The minimum absolute atomic E-state index is 0.0749. The fourth-order valence-electron chi connectivity index (χ4n) is 1.39. The normalized spacial score (nSPS) is 11.6. The Balaban J connectivity index is 3.32. The molecule has 0 radical (unpaired) electrons. The van der Waals surface area contributed by atoms with Crippen molar-refractivity contribution < 1.29 is 17.8 Å². The van der Waals surface area contributed by atoms with E-state index in [1.165, 1.54) is 6.92 Å². The Bertz CT molecular complexity index is 223. The fraction of sp³-hybridized carbons (Fsp3) is 0.923. The smallest absolute Gasteiger partial charge is 0.317 e. The van der Waals surface area contributed by atoms with Gasteiger partial charge in [0, 0.05) is 25.0 Å². The first-order chi connectivity index (χ1) is 8.52. The molecule has 18 heavy (non-hydrogen) atoms. The van der Waals surface area contributed by atoms with Crippen molar-refractivity contribution in [2.24, 2.45) is 0 Å². The van der Waals surface area contributed by atoms with E-state index in [1.807, 2.05) is 0 Å².